The van der Waals surface area contributed by atoms with E-state index in [0.29, 0.717) is 5.92 Å². The number of amides is 1. The van der Waals surface area contributed by atoms with Crippen LogP contribution in [-0.4, -0.2) is 49.2 Å². The molecule has 3 atom stereocenters. The third-order valence-corrected chi connectivity index (χ3v) is 5.10. The lowest BCUT2D eigenvalue weighted by Crippen LogP contribution is -2.48. The smallest absolute Gasteiger partial charge is 0.227 e. The first-order chi connectivity index (χ1) is 11.5. The predicted molar refractivity (Wildman–Crippen MR) is 110 cm³/mol. The third kappa shape index (κ3) is 5.83. The van der Waals surface area contributed by atoms with E-state index in [1.165, 1.54) is 5.56 Å². The van der Waals surface area contributed by atoms with E-state index >= 15 is 0 Å². The second kappa shape index (κ2) is 10.5. The molecule has 2 saturated heterocycles. The maximum atomic E-state index is 12.5. The number of benzene rings is 1. The van der Waals surface area contributed by atoms with Crippen molar-refractivity contribution in [2.75, 3.05) is 31.5 Å². The van der Waals surface area contributed by atoms with Gasteiger partial charge in [0.15, 0.2) is 0 Å². The Labute approximate surface area is 169 Å². The number of morpholine rings is 1. The Balaban J connectivity index is 0.00000169. The van der Waals surface area contributed by atoms with Gasteiger partial charge >= 0.3 is 0 Å². The normalized spacial score (nSPS) is 24.6. The number of para-hydroxylation sites is 1. The Hall–Kier alpha value is -0.850. The number of nitrogens with one attached hydrogen (secondary N) is 2. The van der Waals surface area contributed by atoms with Crippen molar-refractivity contribution in [3.63, 3.8) is 0 Å². The highest BCUT2D eigenvalue weighted by Crippen LogP contribution is 2.23. The molecule has 2 N–H and O–H groups in total. The molecule has 0 bridgehead atoms. The molecule has 0 radical (unpaired) electrons. The Morgan fingerprint density at radius 2 is 1.85 bits per heavy atom. The molecule has 3 rings (SSSR count). The van der Waals surface area contributed by atoms with Crippen LogP contribution in [0.25, 0.3) is 0 Å². The number of nitrogens with zero attached hydrogens (tertiary/aromatic N) is 1. The van der Waals surface area contributed by atoms with Crippen molar-refractivity contribution in [3.05, 3.63) is 29.8 Å². The van der Waals surface area contributed by atoms with Gasteiger partial charge in [-0.05, 0) is 44.5 Å². The van der Waals surface area contributed by atoms with Crippen LogP contribution >= 0.6 is 24.8 Å². The van der Waals surface area contributed by atoms with E-state index in [9.17, 15) is 4.79 Å². The number of carbonyl (C=O) groups is 1. The molecule has 2 aliphatic heterocycles. The summed E-state index contributed by atoms with van der Waals surface area (Å²) in [5, 5.41) is 6.38. The fraction of sp³-hybridized carbons (Fsp3) is 0.632. The lowest BCUT2D eigenvalue weighted by Gasteiger charge is -2.35. The minimum Gasteiger partial charge on any atom is -0.373 e. The average Bonchev–Trinajstić information content (AvgIpc) is 2.46. The third-order valence-electron chi connectivity index (χ3n) is 5.10. The molecule has 26 heavy (non-hydrogen) atoms. The van der Waals surface area contributed by atoms with E-state index in [1.54, 1.807) is 0 Å². The van der Waals surface area contributed by atoms with Crippen molar-refractivity contribution in [2.24, 2.45) is 11.8 Å². The van der Waals surface area contributed by atoms with Crippen molar-refractivity contribution in [2.45, 2.75) is 39.5 Å². The van der Waals surface area contributed by atoms with Gasteiger partial charge in [-0.2, -0.15) is 0 Å². The molecule has 2 heterocycles. The number of hydrogen-bond donors (Lipinski definition) is 2. The zero-order chi connectivity index (χ0) is 17.1. The van der Waals surface area contributed by atoms with Crippen LogP contribution in [0.5, 0.6) is 0 Å². The largest absolute Gasteiger partial charge is 0.373 e. The average molecular weight is 404 g/mol. The lowest BCUT2D eigenvalue weighted by molar-refractivity contribution is -0.121. The van der Waals surface area contributed by atoms with Gasteiger partial charge in [0, 0.05) is 31.2 Å². The van der Waals surface area contributed by atoms with Gasteiger partial charge in [-0.25, -0.2) is 0 Å². The van der Waals surface area contributed by atoms with Crippen LogP contribution in [0, 0.1) is 11.8 Å². The second-order valence-electron chi connectivity index (χ2n) is 7.30. The summed E-state index contributed by atoms with van der Waals surface area (Å²) in [5.41, 5.74) is 2.11. The summed E-state index contributed by atoms with van der Waals surface area (Å²) in [4.78, 5) is 14.9. The summed E-state index contributed by atoms with van der Waals surface area (Å²) >= 11 is 0. The van der Waals surface area contributed by atoms with Crippen LogP contribution in [0.15, 0.2) is 24.3 Å². The monoisotopic (exact) mass is 403 g/mol. The minimum atomic E-state index is 0. The van der Waals surface area contributed by atoms with E-state index in [2.05, 4.69) is 35.4 Å². The number of hydrogen-bond acceptors (Lipinski definition) is 4. The summed E-state index contributed by atoms with van der Waals surface area (Å²) in [6.07, 6.45) is 0.503. The summed E-state index contributed by atoms with van der Waals surface area (Å²) in [7, 11) is 0. The van der Waals surface area contributed by atoms with Crippen LogP contribution in [0.3, 0.4) is 0 Å². The van der Waals surface area contributed by atoms with E-state index in [0.717, 1.165) is 38.4 Å². The molecule has 5 nitrogen and oxygen atoms in total. The zero-order valence-corrected chi connectivity index (χ0v) is 17.4. The number of carbonyl (C=O) groups excluding carboxylic acids is 1. The first-order valence-electron chi connectivity index (χ1n) is 9.00. The molecule has 3 unspecified atom stereocenters. The van der Waals surface area contributed by atoms with Gasteiger partial charge in [0.1, 0.15) is 0 Å². The van der Waals surface area contributed by atoms with Crippen molar-refractivity contribution in [1.29, 1.82) is 0 Å². The highest BCUT2D eigenvalue weighted by molar-refractivity contribution is 5.93. The molecule has 1 aromatic rings. The number of rotatable bonds is 5. The van der Waals surface area contributed by atoms with Gasteiger partial charge in [-0.1, -0.05) is 25.1 Å². The lowest BCUT2D eigenvalue weighted by atomic mass is 9.88. The van der Waals surface area contributed by atoms with Crippen LogP contribution in [0.1, 0.15) is 26.3 Å². The van der Waals surface area contributed by atoms with E-state index in [1.807, 2.05) is 25.1 Å². The maximum Gasteiger partial charge on any atom is 0.227 e. The molecule has 7 heteroatoms. The first-order valence-corrected chi connectivity index (χ1v) is 9.00. The van der Waals surface area contributed by atoms with Crippen molar-refractivity contribution >= 4 is 36.4 Å². The van der Waals surface area contributed by atoms with Gasteiger partial charge in [0.2, 0.25) is 5.91 Å². The van der Waals surface area contributed by atoms with Crippen LogP contribution in [-0.2, 0) is 16.1 Å². The quantitative estimate of drug-likeness (QED) is 0.793. The summed E-state index contributed by atoms with van der Waals surface area (Å²) in [5.74, 6) is 0.624. The standard InChI is InChI=1S/C19H29N3O2.2ClH/c1-13-10-22(11-14(2)24-13)12-16-6-4-5-7-18(16)21-19(23)15(3)17-8-20-9-17;;/h4-7,13-15,17,20H,8-12H2,1-3H3,(H,21,23);2*1H. The van der Waals surface area contributed by atoms with Crippen LogP contribution in [0.4, 0.5) is 5.69 Å². The molecule has 0 aromatic heterocycles. The molecule has 1 aromatic carbocycles. The van der Waals surface area contributed by atoms with Gasteiger partial charge in [-0.3, -0.25) is 9.69 Å². The van der Waals surface area contributed by atoms with Crippen LogP contribution < -0.4 is 10.6 Å². The van der Waals surface area contributed by atoms with E-state index < -0.39 is 0 Å². The first kappa shape index (κ1) is 23.2. The predicted octanol–water partition coefficient (Wildman–Crippen LogP) is 2.93. The molecule has 2 fully saturated rings. The van der Waals surface area contributed by atoms with Crippen LogP contribution in [0.2, 0.25) is 0 Å². The van der Waals surface area contributed by atoms with Gasteiger partial charge in [0.25, 0.3) is 0 Å². The SMILES string of the molecule is CC1CN(Cc2ccccc2NC(=O)C(C)C2CNC2)CC(C)O1.Cl.Cl. The Kier molecular flexibility index (Phi) is 9.34. The topological polar surface area (TPSA) is 53.6 Å². The summed E-state index contributed by atoms with van der Waals surface area (Å²) in [6, 6.07) is 8.14. The number of halogens is 2. The molecular formula is C19H31Cl2N3O2. The molecule has 0 spiro atoms. The Bertz CT molecular complexity index is 574. The van der Waals surface area contributed by atoms with Gasteiger partial charge in [0.05, 0.1) is 12.2 Å². The summed E-state index contributed by atoms with van der Waals surface area (Å²) < 4.78 is 5.81. The molecule has 148 valence electrons. The summed E-state index contributed by atoms with van der Waals surface area (Å²) in [6.45, 7) is 10.8. The second-order valence-corrected chi connectivity index (χ2v) is 7.30. The zero-order valence-electron chi connectivity index (χ0n) is 15.7. The fourth-order valence-corrected chi connectivity index (χ4v) is 3.56. The van der Waals surface area contributed by atoms with Gasteiger partial charge in [-0.15, -0.1) is 24.8 Å². The molecule has 0 aliphatic carbocycles. The minimum absolute atomic E-state index is 0. The highest BCUT2D eigenvalue weighted by atomic mass is 35.5. The van der Waals surface area contributed by atoms with Gasteiger partial charge < -0.3 is 15.4 Å². The molecule has 2 aliphatic rings. The molecule has 1 amide bonds. The molecule has 0 saturated carbocycles. The fourth-order valence-electron chi connectivity index (χ4n) is 3.56. The number of anilines is 1. The maximum absolute atomic E-state index is 12.5. The Morgan fingerprint density at radius 1 is 1.23 bits per heavy atom. The molecular weight excluding hydrogens is 373 g/mol. The van der Waals surface area contributed by atoms with E-state index in [4.69, 9.17) is 4.74 Å². The Morgan fingerprint density at radius 3 is 2.42 bits per heavy atom. The number of ether oxygens (including phenoxy) is 1. The highest BCUT2D eigenvalue weighted by Gasteiger charge is 2.29. The van der Waals surface area contributed by atoms with Crippen molar-refractivity contribution < 1.29 is 9.53 Å². The van der Waals surface area contributed by atoms with Crippen molar-refractivity contribution in [3.8, 4) is 0 Å². The van der Waals surface area contributed by atoms with Crippen molar-refractivity contribution in [1.82, 2.24) is 10.2 Å². The van der Waals surface area contributed by atoms with E-state index in [-0.39, 0.29) is 48.8 Å².